The number of ether oxygens (including phenoxy) is 2. The number of rotatable bonds is 9. The van der Waals surface area contributed by atoms with Crippen LogP contribution in [-0.2, 0) is 14.8 Å². The Morgan fingerprint density at radius 1 is 1.00 bits per heavy atom. The first kappa shape index (κ1) is 19.7. The maximum atomic E-state index is 12.0. The Kier molecular flexibility index (Phi) is 6.99. The van der Waals surface area contributed by atoms with Crippen molar-refractivity contribution in [1.29, 1.82) is 0 Å². The van der Waals surface area contributed by atoms with Crippen molar-refractivity contribution in [3.05, 3.63) is 48.5 Å². The molecule has 0 atom stereocenters. The second-order valence-electron chi connectivity index (χ2n) is 5.43. The van der Waals surface area contributed by atoms with Gasteiger partial charge in [-0.2, -0.15) is 0 Å². The highest BCUT2D eigenvalue weighted by molar-refractivity contribution is 7.89. The number of carbonyl (C=O) groups is 1. The molecule has 0 unspecified atom stereocenters. The van der Waals surface area contributed by atoms with Gasteiger partial charge in [-0.1, -0.05) is 6.92 Å². The number of methoxy groups -OCH3 is 1. The van der Waals surface area contributed by atoms with Crippen molar-refractivity contribution in [2.24, 2.45) is 0 Å². The van der Waals surface area contributed by atoms with Crippen molar-refractivity contribution < 1.29 is 22.7 Å². The molecule has 0 aliphatic heterocycles. The Bertz CT molecular complexity index is 818. The molecule has 2 aromatic carbocycles. The van der Waals surface area contributed by atoms with Crippen LogP contribution in [0.5, 0.6) is 11.5 Å². The molecule has 0 radical (unpaired) electrons. The zero-order valence-corrected chi connectivity index (χ0v) is 15.5. The SMILES string of the molecule is CCCNS(=O)(=O)c1ccc(OCC(=O)Nc2ccc(OC)cc2)cc1. The largest absolute Gasteiger partial charge is 0.497 e. The van der Waals surface area contributed by atoms with Gasteiger partial charge in [-0.05, 0) is 55.0 Å². The Morgan fingerprint density at radius 2 is 1.62 bits per heavy atom. The van der Waals surface area contributed by atoms with Gasteiger partial charge in [0, 0.05) is 12.2 Å². The fraction of sp³-hybridized carbons (Fsp3) is 0.278. The first-order valence-electron chi connectivity index (χ1n) is 8.11. The van der Waals surface area contributed by atoms with E-state index in [-0.39, 0.29) is 17.4 Å². The summed E-state index contributed by atoms with van der Waals surface area (Å²) >= 11 is 0. The average Bonchev–Trinajstić information content (AvgIpc) is 2.66. The first-order valence-corrected chi connectivity index (χ1v) is 9.59. The summed E-state index contributed by atoms with van der Waals surface area (Å²) in [5.41, 5.74) is 0.628. The number of hydrogen-bond acceptors (Lipinski definition) is 5. The van der Waals surface area contributed by atoms with Gasteiger partial charge in [-0.3, -0.25) is 4.79 Å². The van der Waals surface area contributed by atoms with Crippen LogP contribution in [0.2, 0.25) is 0 Å². The van der Waals surface area contributed by atoms with Crippen molar-refractivity contribution in [2.45, 2.75) is 18.2 Å². The summed E-state index contributed by atoms with van der Waals surface area (Å²) in [6.07, 6.45) is 0.712. The van der Waals surface area contributed by atoms with Gasteiger partial charge in [0.25, 0.3) is 5.91 Å². The Labute approximate surface area is 153 Å². The molecule has 26 heavy (non-hydrogen) atoms. The molecule has 1 amide bonds. The third kappa shape index (κ3) is 5.75. The first-order chi connectivity index (χ1) is 12.4. The average molecular weight is 378 g/mol. The van der Waals surface area contributed by atoms with Gasteiger partial charge in [0.05, 0.1) is 12.0 Å². The lowest BCUT2D eigenvalue weighted by Gasteiger charge is -2.09. The van der Waals surface area contributed by atoms with Crippen LogP contribution < -0.4 is 19.5 Å². The standard InChI is InChI=1S/C18H22N2O5S/c1-3-12-19-26(22,23)17-10-8-16(9-11-17)25-13-18(21)20-14-4-6-15(24-2)7-5-14/h4-11,19H,3,12-13H2,1-2H3,(H,20,21). The summed E-state index contributed by atoms with van der Waals surface area (Å²) in [7, 11) is -1.94. The molecule has 0 aliphatic carbocycles. The van der Waals surface area contributed by atoms with E-state index < -0.39 is 10.0 Å². The van der Waals surface area contributed by atoms with E-state index in [4.69, 9.17) is 9.47 Å². The number of benzene rings is 2. The number of anilines is 1. The minimum Gasteiger partial charge on any atom is -0.497 e. The van der Waals surface area contributed by atoms with Crippen LogP contribution in [0.4, 0.5) is 5.69 Å². The van der Waals surface area contributed by atoms with Crippen molar-refractivity contribution in [3.8, 4) is 11.5 Å². The third-order valence-electron chi connectivity index (χ3n) is 3.42. The van der Waals surface area contributed by atoms with E-state index in [0.29, 0.717) is 30.2 Å². The fourth-order valence-electron chi connectivity index (χ4n) is 2.06. The molecule has 0 fully saturated rings. The minimum atomic E-state index is -3.51. The van der Waals surface area contributed by atoms with E-state index in [1.54, 1.807) is 31.4 Å². The van der Waals surface area contributed by atoms with Crippen LogP contribution in [0.1, 0.15) is 13.3 Å². The quantitative estimate of drug-likeness (QED) is 0.699. The smallest absolute Gasteiger partial charge is 0.262 e. The number of nitrogens with one attached hydrogen (secondary N) is 2. The van der Waals surface area contributed by atoms with Crippen LogP contribution in [0, 0.1) is 0 Å². The maximum Gasteiger partial charge on any atom is 0.262 e. The van der Waals surface area contributed by atoms with Gasteiger partial charge >= 0.3 is 0 Å². The zero-order chi connectivity index (χ0) is 19.0. The highest BCUT2D eigenvalue weighted by atomic mass is 32.2. The summed E-state index contributed by atoms with van der Waals surface area (Å²) < 4.78 is 36.9. The summed E-state index contributed by atoms with van der Waals surface area (Å²) in [6.45, 7) is 2.08. The molecule has 0 aliphatic rings. The van der Waals surface area contributed by atoms with Crippen LogP contribution >= 0.6 is 0 Å². The minimum absolute atomic E-state index is 0.154. The molecule has 2 N–H and O–H groups in total. The molecule has 140 valence electrons. The molecule has 7 nitrogen and oxygen atoms in total. The lowest BCUT2D eigenvalue weighted by molar-refractivity contribution is -0.118. The monoisotopic (exact) mass is 378 g/mol. The lowest BCUT2D eigenvalue weighted by Crippen LogP contribution is -2.24. The Balaban J connectivity index is 1.87. The lowest BCUT2D eigenvalue weighted by atomic mass is 10.3. The van der Waals surface area contributed by atoms with Gasteiger partial charge in [-0.15, -0.1) is 0 Å². The van der Waals surface area contributed by atoms with Crippen LogP contribution in [0.15, 0.2) is 53.4 Å². The maximum absolute atomic E-state index is 12.0. The van der Waals surface area contributed by atoms with E-state index in [1.165, 1.54) is 24.3 Å². The number of hydrogen-bond donors (Lipinski definition) is 2. The molecule has 0 aromatic heterocycles. The summed E-state index contributed by atoms with van der Waals surface area (Å²) in [5, 5.41) is 2.70. The number of carbonyl (C=O) groups excluding carboxylic acids is 1. The molecule has 0 saturated heterocycles. The normalized spacial score (nSPS) is 11.0. The van der Waals surface area contributed by atoms with Gasteiger partial charge < -0.3 is 14.8 Å². The van der Waals surface area contributed by atoms with Gasteiger partial charge in [0.2, 0.25) is 10.0 Å². The van der Waals surface area contributed by atoms with Crippen LogP contribution in [0.3, 0.4) is 0 Å². The van der Waals surface area contributed by atoms with Crippen LogP contribution in [0.25, 0.3) is 0 Å². The highest BCUT2D eigenvalue weighted by Crippen LogP contribution is 2.17. The Morgan fingerprint density at radius 3 is 2.19 bits per heavy atom. The second-order valence-corrected chi connectivity index (χ2v) is 7.20. The molecule has 0 heterocycles. The molecular formula is C18H22N2O5S. The van der Waals surface area contributed by atoms with Crippen molar-refractivity contribution in [2.75, 3.05) is 25.6 Å². The van der Waals surface area contributed by atoms with Crippen molar-refractivity contribution in [1.82, 2.24) is 4.72 Å². The van der Waals surface area contributed by atoms with E-state index in [0.717, 1.165) is 0 Å². The third-order valence-corrected chi connectivity index (χ3v) is 4.90. The summed E-state index contributed by atoms with van der Waals surface area (Å²) in [5.74, 6) is 0.781. The predicted molar refractivity (Wildman–Crippen MR) is 99.0 cm³/mol. The number of amides is 1. The van der Waals surface area contributed by atoms with E-state index in [1.807, 2.05) is 6.92 Å². The van der Waals surface area contributed by atoms with E-state index >= 15 is 0 Å². The topological polar surface area (TPSA) is 93.7 Å². The fourth-order valence-corrected chi connectivity index (χ4v) is 3.19. The molecule has 2 rings (SSSR count). The predicted octanol–water partition coefficient (Wildman–Crippen LogP) is 2.40. The molecule has 2 aromatic rings. The van der Waals surface area contributed by atoms with Gasteiger partial charge in [-0.25, -0.2) is 13.1 Å². The molecule has 0 spiro atoms. The zero-order valence-electron chi connectivity index (χ0n) is 14.7. The second kappa shape index (κ2) is 9.21. The van der Waals surface area contributed by atoms with E-state index in [2.05, 4.69) is 10.0 Å². The van der Waals surface area contributed by atoms with Crippen molar-refractivity contribution in [3.63, 3.8) is 0 Å². The molecule has 0 saturated carbocycles. The van der Waals surface area contributed by atoms with Gasteiger partial charge in [0.15, 0.2) is 6.61 Å². The number of sulfonamides is 1. The van der Waals surface area contributed by atoms with Crippen LogP contribution in [-0.4, -0.2) is 34.6 Å². The summed E-state index contributed by atoms with van der Waals surface area (Å²) in [4.78, 5) is 12.1. The van der Waals surface area contributed by atoms with E-state index in [9.17, 15) is 13.2 Å². The summed E-state index contributed by atoms with van der Waals surface area (Å²) in [6, 6.07) is 12.8. The Hall–Kier alpha value is -2.58. The molecule has 0 bridgehead atoms. The molecular weight excluding hydrogens is 356 g/mol. The van der Waals surface area contributed by atoms with Gasteiger partial charge in [0.1, 0.15) is 11.5 Å². The highest BCUT2D eigenvalue weighted by Gasteiger charge is 2.13. The molecule has 8 heteroatoms. The van der Waals surface area contributed by atoms with Crippen molar-refractivity contribution >= 4 is 21.6 Å².